The van der Waals surface area contributed by atoms with Gasteiger partial charge in [-0.3, -0.25) is 4.79 Å². The predicted molar refractivity (Wildman–Crippen MR) is 139 cm³/mol. The van der Waals surface area contributed by atoms with Crippen molar-refractivity contribution in [2.75, 3.05) is 12.8 Å². The van der Waals surface area contributed by atoms with E-state index in [4.69, 9.17) is 26.0 Å². The zero-order valence-corrected chi connectivity index (χ0v) is 20.7. The third-order valence-electron chi connectivity index (χ3n) is 5.89. The van der Waals surface area contributed by atoms with Gasteiger partial charge < -0.3 is 26.0 Å². The predicted octanol–water partition coefficient (Wildman–Crippen LogP) is 5.04. The summed E-state index contributed by atoms with van der Waals surface area (Å²) in [6, 6.07) is 19.8. The number of alkyl halides is 3. The van der Waals surface area contributed by atoms with Gasteiger partial charge >= 0.3 is 12.1 Å². The fourth-order valence-electron chi connectivity index (χ4n) is 3.90. The molecule has 1 heterocycles. The highest BCUT2D eigenvalue weighted by Crippen LogP contribution is 2.38. The molecular weight excluding hydrogens is 513 g/mol. The minimum absolute atomic E-state index is 0.111. The number of ether oxygens (including phenoxy) is 2. The Balaban J connectivity index is 1.58. The van der Waals surface area contributed by atoms with E-state index >= 15 is 0 Å². The van der Waals surface area contributed by atoms with Crippen LogP contribution in [-0.2, 0) is 11.2 Å². The number of benzene rings is 3. The summed E-state index contributed by atoms with van der Waals surface area (Å²) >= 11 is 0. The van der Waals surface area contributed by atoms with Crippen molar-refractivity contribution in [3.63, 3.8) is 0 Å². The zero-order chi connectivity index (χ0) is 28.2. The van der Waals surface area contributed by atoms with Crippen molar-refractivity contribution in [2.45, 2.75) is 24.7 Å². The maximum Gasteiger partial charge on any atom is 0.429 e. The average Bonchev–Trinajstić information content (AvgIpc) is 2.91. The van der Waals surface area contributed by atoms with Crippen LogP contribution in [0, 0.1) is 0 Å². The van der Waals surface area contributed by atoms with E-state index in [0.29, 0.717) is 22.4 Å². The van der Waals surface area contributed by atoms with E-state index in [1.807, 2.05) is 6.07 Å². The number of nitrogens with two attached hydrogens (primary N) is 2. The Morgan fingerprint density at radius 2 is 1.62 bits per heavy atom. The Morgan fingerprint density at radius 3 is 2.23 bits per heavy atom. The molecule has 2 atom stereocenters. The molecule has 0 bridgehead atoms. The number of methoxy groups -OCH3 is 1. The molecule has 39 heavy (non-hydrogen) atoms. The number of carboxylic acid groups (broad SMARTS) is 1. The molecule has 3 aromatic carbocycles. The molecule has 11 heteroatoms. The zero-order valence-electron chi connectivity index (χ0n) is 20.7. The van der Waals surface area contributed by atoms with E-state index in [-0.39, 0.29) is 29.5 Å². The van der Waals surface area contributed by atoms with Crippen molar-refractivity contribution in [1.29, 1.82) is 0 Å². The van der Waals surface area contributed by atoms with Gasteiger partial charge in [0.2, 0.25) is 17.9 Å². The monoisotopic (exact) mass is 538 g/mol. The van der Waals surface area contributed by atoms with Crippen LogP contribution in [0.1, 0.15) is 17.2 Å². The van der Waals surface area contributed by atoms with Crippen LogP contribution in [0.5, 0.6) is 11.6 Å². The number of halogens is 3. The second kappa shape index (κ2) is 11.4. The molecule has 8 nitrogen and oxygen atoms in total. The highest BCUT2D eigenvalue weighted by Gasteiger charge is 2.43. The van der Waals surface area contributed by atoms with E-state index in [2.05, 4.69) is 9.97 Å². The Hall–Kier alpha value is -4.64. The van der Waals surface area contributed by atoms with Gasteiger partial charge in [0.1, 0.15) is 11.8 Å². The van der Waals surface area contributed by atoms with Gasteiger partial charge in [0.05, 0.1) is 12.8 Å². The summed E-state index contributed by atoms with van der Waals surface area (Å²) in [6.45, 7) is 0. The Labute approximate surface area is 222 Å². The fourth-order valence-corrected chi connectivity index (χ4v) is 3.90. The van der Waals surface area contributed by atoms with Gasteiger partial charge in [-0.15, -0.1) is 0 Å². The third-order valence-corrected chi connectivity index (χ3v) is 5.89. The molecule has 0 unspecified atom stereocenters. The standard InChI is InChI=1S/C28H25F3N4O4/c1-38-21-4-2-3-20(14-21)17-9-11-19(12-10-17)25(28(29,30)31)39-24-15-23(34-27(33)35-24)18-7-5-16(6-8-18)13-22(32)26(36)37/h2-12,14-15,22,25H,13,32H2,1H3,(H,36,37)(H2,33,34,35)/t22-,25-/m1/s1. The normalized spacial score (nSPS) is 12.9. The van der Waals surface area contributed by atoms with Crippen molar-refractivity contribution in [3.05, 3.63) is 90.0 Å². The molecule has 4 rings (SSSR count). The van der Waals surface area contributed by atoms with Gasteiger partial charge in [-0.1, -0.05) is 60.7 Å². The van der Waals surface area contributed by atoms with Gasteiger partial charge in [0.15, 0.2) is 0 Å². The molecule has 0 radical (unpaired) electrons. The summed E-state index contributed by atoms with van der Waals surface area (Å²) in [5, 5.41) is 8.98. The highest BCUT2D eigenvalue weighted by molar-refractivity contribution is 5.73. The topological polar surface area (TPSA) is 134 Å². The van der Waals surface area contributed by atoms with E-state index in [1.165, 1.54) is 25.3 Å². The quantitative estimate of drug-likeness (QED) is 0.270. The molecule has 4 aromatic rings. The number of nitrogen functional groups attached to an aromatic ring is 1. The summed E-state index contributed by atoms with van der Waals surface area (Å²) in [4.78, 5) is 18.9. The SMILES string of the molecule is COc1cccc(-c2ccc([C@@H](Oc3cc(-c4ccc(C[C@@H](N)C(=O)O)cc4)nc(N)n3)C(F)(F)F)cc2)c1. The number of hydrogen-bond acceptors (Lipinski definition) is 7. The average molecular weight is 539 g/mol. The van der Waals surface area contributed by atoms with Crippen LogP contribution in [0.4, 0.5) is 19.1 Å². The third kappa shape index (κ3) is 6.82. The summed E-state index contributed by atoms with van der Waals surface area (Å²) in [6.07, 6.45) is -6.94. The number of aliphatic carboxylic acids is 1. The molecule has 0 aliphatic rings. The lowest BCUT2D eigenvalue weighted by atomic mass is 10.0. The minimum atomic E-state index is -4.75. The van der Waals surface area contributed by atoms with Crippen LogP contribution < -0.4 is 20.9 Å². The first-order chi connectivity index (χ1) is 18.5. The van der Waals surface area contributed by atoms with Crippen LogP contribution in [0.2, 0.25) is 0 Å². The van der Waals surface area contributed by atoms with Gasteiger partial charge in [-0.25, -0.2) is 4.98 Å². The molecule has 5 N–H and O–H groups in total. The number of nitrogens with zero attached hydrogens (tertiary/aromatic N) is 2. The lowest BCUT2D eigenvalue weighted by Gasteiger charge is -2.22. The van der Waals surface area contributed by atoms with Crippen LogP contribution in [0.3, 0.4) is 0 Å². The smallest absolute Gasteiger partial charge is 0.429 e. The van der Waals surface area contributed by atoms with Gasteiger partial charge in [-0.05, 0) is 35.2 Å². The molecule has 0 amide bonds. The van der Waals surface area contributed by atoms with E-state index in [1.54, 1.807) is 54.6 Å². The van der Waals surface area contributed by atoms with Crippen LogP contribution in [-0.4, -0.2) is 40.4 Å². The second-order valence-corrected chi connectivity index (χ2v) is 8.69. The molecule has 0 saturated carbocycles. The fraction of sp³-hybridized carbons (Fsp3) is 0.179. The van der Waals surface area contributed by atoms with Crippen molar-refractivity contribution in [3.8, 4) is 34.0 Å². The first-order valence-electron chi connectivity index (χ1n) is 11.7. The Bertz CT molecular complexity index is 1440. The summed E-state index contributed by atoms with van der Waals surface area (Å²) in [5.74, 6) is -1.12. The van der Waals surface area contributed by atoms with Crippen LogP contribution in [0.25, 0.3) is 22.4 Å². The second-order valence-electron chi connectivity index (χ2n) is 8.69. The van der Waals surface area contributed by atoms with Gasteiger partial charge in [-0.2, -0.15) is 18.2 Å². The maximum atomic E-state index is 14.1. The molecule has 0 aliphatic heterocycles. The van der Waals surface area contributed by atoms with Gasteiger partial charge in [0.25, 0.3) is 0 Å². The largest absolute Gasteiger partial charge is 0.497 e. The first kappa shape index (κ1) is 27.4. The van der Waals surface area contributed by atoms with Crippen molar-refractivity contribution in [2.24, 2.45) is 5.73 Å². The lowest BCUT2D eigenvalue weighted by Crippen LogP contribution is -2.32. The summed E-state index contributed by atoms with van der Waals surface area (Å²) < 4.78 is 52.8. The molecule has 1 aromatic heterocycles. The van der Waals surface area contributed by atoms with Crippen molar-refractivity contribution >= 4 is 11.9 Å². The van der Waals surface area contributed by atoms with E-state index in [9.17, 15) is 18.0 Å². The summed E-state index contributed by atoms with van der Waals surface area (Å²) in [7, 11) is 1.53. The van der Waals surface area contributed by atoms with E-state index in [0.717, 1.165) is 5.56 Å². The lowest BCUT2D eigenvalue weighted by molar-refractivity contribution is -0.198. The number of aromatic nitrogens is 2. The maximum absolute atomic E-state index is 14.1. The number of rotatable bonds is 9. The number of hydrogen-bond donors (Lipinski definition) is 3. The highest BCUT2D eigenvalue weighted by atomic mass is 19.4. The molecule has 0 spiro atoms. The molecule has 0 saturated heterocycles. The van der Waals surface area contributed by atoms with Gasteiger partial charge in [0, 0.05) is 17.2 Å². The number of carbonyl (C=O) groups is 1. The minimum Gasteiger partial charge on any atom is -0.497 e. The van der Waals surface area contributed by atoms with Crippen LogP contribution in [0.15, 0.2) is 78.9 Å². The number of carboxylic acids is 1. The van der Waals surface area contributed by atoms with Crippen molar-refractivity contribution < 1.29 is 32.5 Å². The molecule has 0 fully saturated rings. The molecular formula is C28H25F3N4O4. The van der Waals surface area contributed by atoms with Crippen molar-refractivity contribution in [1.82, 2.24) is 9.97 Å². The van der Waals surface area contributed by atoms with E-state index < -0.39 is 24.3 Å². The summed E-state index contributed by atoms with van der Waals surface area (Å²) in [5.41, 5.74) is 14.2. The number of anilines is 1. The van der Waals surface area contributed by atoms with Crippen LogP contribution >= 0.6 is 0 Å². The first-order valence-corrected chi connectivity index (χ1v) is 11.7. The molecule has 202 valence electrons. The Morgan fingerprint density at radius 1 is 0.949 bits per heavy atom. The Kier molecular flexibility index (Phi) is 8.01. The molecule has 0 aliphatic carbocycles.